The van der Waals surface area contributed by atoms with Crippen molar-refractivity contribution in [1.29, 1.82) is 5.41 Å². The molecular weight excluding hydrogens is 469 g/mol. The Bertz CT molecular complexity index is 980. The van der Waals surface area contributed by atoms with Gasteiger partial charge in [0.25, 0.3) is 0 Å². The third-order valence-corrected chi connectivity index (χ3v) is 5.97. The van der Waals surface area contributed by atoms with Gasteiger partial charge in [-0.1, -0.05) is 67.6 Å². The molecule has 180 valence electrons. The van der Waals surface area contributed by atoms with Crippen LogP contribution >= 0.6 is 23.7 Å². The second-order valence-electron chi connectivity index (χ2n) is 8.30. The van der Waals surface area contributed by atoms with Gasteiger partial charge in [0.05, 0.1) is 23.7 Å². The Hall–Kier alpha value is -2.57. The van der Waals surface area contributed by atoms with E-state index in [1.165, 1.54) is 5.56 Å². The molecule has 0 bridgehead atoms. The van der Waals surface area contributed by atoms with E-state index >= 15 is 0 Å². The van der Waals surface area contributed by atoms with Crippen LogP contribution in [0.3, 0.4) is 0 Å². The molecule has 0 spiro atoms. The standard InChI is InChI=1S/C27H31N3O.Cl2O/c1-22(24-10-6-3-7-11-24)20-29-16-18-30(19-17-29)27(28)25-12-14-26(15-13-25)31-21-23-8-4-2-5-9-23;1-3-2/h2-15,22,28H,16-21H2,1H3;. The summed E-state index contributed by atoms with van der Waals surface area (Å²) in [5.74, 6) is 1.96. The van der Waals surface area contributed by atoms with E-state index in [1.807, 2.05) is 42.5 Å². The van der Waals surface area contributed by atoms with E-state index in [1.54, 1.807) is 0 Å². The zero-order valence-electron chi connectivity index (χ0n) is 19.4. The number of benzene rings is 3. The van der Waals surface area contributed by atoms with Crippen LogP contribution in [0, 0.1) is 5.41 Å². The molecule has 1 fully saturated rings. The van der Waals surface area contributed by atoms with E-state index in [-0.39, 0.29) is 0 Å². The van der Waals surface area contributed by atoms with Crippen LogP contribution in [0.4, 0.5) is 0 Å². The predicted molar refractivity (Wildman–Crippen MR) is 140 cm³/mol. The minimum absolute atomic E-state index is 0.524. The summed E-state index contributed by atoms with van der Waals surface area (Å²) >= 11 is 8.53. The lowest BCUT2D eigenvalue weighted by molar-refractivity contribution is 0.175. The molecule has 0 aliphatic carbocycles. The zero-order chi connectivity index (χ0) is 24.2. The maximum atomic E-state index is 8.64. The van der Waals surface area contributed by atoms with Crippen LogP contribution in [0.5, 0.6) is 5.75 Å². The molecule has 0 amide bonds. The summed E-state index contributed by atoms with van der Waals surface area (Å²) in [5, 5.41) is 8.64. The number of halogens is 2. The van der Waals surface area contributed by atoms with Gasteiger partial charge >= 0.3 is 0 Å². The molecule has 3 aromatic carbocycles. The van der Waals surface area contributed by atoms with Crippen LogP contribution in [-0.4, -0.2) is 48.4 Å². The van der Waals surface area contributed by atoms with Gasteiger partial charge in [0, 0.05) is 38.3 Å². The SMILES string of the molecule is CC(CN1CCN(C(=N)c2ccc(OCc3ccccc3)cc2)CC1)c1ccccc1.ClOCl. The number of piperazine rings is 1. The number of amidine groups is 1. The third-order valence-electron chi connectivity index (χ3n) is 5.97. The zero-order valence-corrected chi connectivity index (χ0v) is 20.9. The summed E-state index contributed by atoms with van der Waals surface area (Å²) < 4.78 is 9.06. The molecule has 1 atom stereocenters. The van der Waals surface area contributed by atoms with Crippen molar-refractivity contribution in [2.45, 2.75) is 19.4 Å². The van der Waals surface area contributed by atoms with E-state index in [2.05, 4.69) is 86.8 Å². The maximum absolute atomic E-state index is 8.64. The topological polar surface area (TPSA) is 48.8 Å². The van der Waals surface area contributed by atoms with Gasteiger partial charge in [-0.2, -0.15) is 3.84 Å². The highest BCUT2D eigenvalue weighted by molar-refractivity contribution is 6.24. The molecule has 0 radical (unpaired) electrons. The number of hydrogen-bond acceptors (Lipinski definition) is 4. The highest BCUT2D eigenvalue weighted by Gasteiger charge is 2.21. The average molecular weight is 500 g/mol. The fourth-order valence-electron chi connectivity index (χ4n) is 4.06. The normalized spacial score (nSPS) is 14.6. The molecule has 1 N–H and O–H groups in total. The monoisotopic (exact) mass is 499 g/mol. The minimum atomic E-state index is 0.524. The van der Waals surface area contributed by atoms with Gasteiger partial charge in [-0.25, -0.2) is 0 Å². The summed E-state index contributed by atoms with van der Waals surface area (Å²) in [4.78, 5) is 4.70. The second-order valence-corrected chi connectivity index (χ2v) is 8.77. The summed E-state index contributed by atoms with van der Waals surface area (Å²) in [7, 11) is 0. The summed E-state index contributed by atoms with van der Waals surface area (Å²) in [6.45, 7) is 7.71. The second kappa shape index (κ2) is 14.0. The van der Waals surface area contributed by atoms with Crippen molar-refractivity contribution in [1.82, 2.24) is 9.80 Å². The van der Waals surface area contributed by atoms with E-state index in [4.69, 9.17) is 10.1 Å². The Kier molecular flexibility index (Phi) is 10.7. The molecular formula is C27H31Cl2N3O2. The predicted octanol–water partition coefficient (Wildman–Crippen LogP) is 6.32. The largest absolute Gasteiger partial charge is 0.489 e. The fraction of sp³-hybridized carbons (Fsp3) is 0.296. The molecule has 5 nitrogen and oxygen atoms in total. The smallest absolute Gasteiger partial charge is 0.128 e. The third kappa shape index (κ3) is 8.03. The van der Waals surface area contributed by atoms with Crippen LogP contribution in [0.1, 0.15) is 29.5 Å². The molecule has 0 aromatic heterocycles. The van der Waals surface area contributed by atoms with Gasteiger partial charge in [0.1, 0.15) is 18.2 Å². The van der Waals surface area contributed by atoms with Gasteiger partial charge < -0.3 is 9.64 Å². The quantitative estimate of drug-likeness (QED) is 0.305. The van der Waals surface area contributed by atoms with E-state index in [0.717, 1.165) is 49.6 Å². The average Bonchev–Trinajstić information content (AvgIpc) is 2.89. The van der Waals surface area contributed by atoms with Crippen molar-refractivity contribution in [2.24, 2.45) is 0 Å². The van der Waals surface area contributed by atoms with Crippen LogP contribution in [-0.2, 0) is 10.4 Å². The van der Waals surface area contributed by atoms with E-state index in [0.29, 0.717) is 18.4 Å². The van der Waals surface area contributed by atoms with Crippen molar-refractivity contribution < 1.29 is 8.58 Å². The molecule has 1 unspecified atom stereocenters. The number of nitrogens with one attached hydrogen (secondary N) is 1. The van der Waals surface area contributed by atoms with Crippen molar-refractivity contribution in [3.8, 4) is 5.75 Å². The summed E-state index contributed by atoms with van der Waals surface area (Å²) in [5.41, 5.74) is 3.49. The molecule has 1 heterocycles. The van der Waals surface area contributed by atoms with Crippen molar-refractivity contribution in [3.63, 3.8) is 0 Å². The number of ether oxygens (including phenoxy) is 1. The highest BCUT2D eigenvalue weighted by Crippen LogP contribution is 2.19. The molecule has 1 aliphatic heterocycles. The summed E-state index contributed by atoms with van der Waals surface area (Å²) in [6.07, 6.45) is 0. The number of rotatable bonds is 7. The lowest BCUT2D eigenvalue weighted by Gasteiger charge is -2.37. The van der Waals surface area contributed by atoms with Crippen molar-refractivity contribution in [2.75, 3.05) is 32.7 Å². The van der Waals surface area contributed by atoms with Gasteiger partial charge in [-0.3, -0.25) is 10.3 Å². The van der Waals surface area contributed by atoms with Crippen LogP contribution in [0.2, 0.25) is 0 Å². The number of nitrogens with zero attached hydrogens (tertiary/aromatic N) is 2. The van der Waals surface area contributed by atoms with Gasteiger partial charge in [0.15, 0.2) is 0 Å². The first-order chi connectivity index (χ1) is 16.6. The Balaban J connectivity index is 0.00000103. The Morgan fingerprint density at radius 2 is 1.41 bits per heavy atom. The maximum Gasteiger partial charge on any atom is 0.128 e. The van der Waals surface area contributed by atoms with E-state index < -0.39 is 0 Å². The molecule has 0 saturated carbocycles. The fourth-order valence-corrected chi connectivity index (χ4v) is 4.06. The Morgan fingerprint density at radius 3 is 2.00 bits per heavy atom. The van der Waals surface area contributed by atoms with Gasteiger partial charge in [-0.15, -0.1) is 0 Å². The molecule has 34 heavy (non-hydrogen) atoms. The van der Waals surface area contributed by atoms with Crippen molar-refractivity contribution in [3.05, 3.63) is 102 Å². The lowest BCUT2D eigenvalue weighted by atomic mass is 10.0. The van der Waals surface area contributed by atoms with E-state index in [9.17, 15) is 0 Å². The first-order valence-corrected chi connectivity index (χ1v) is 12.0. The number of hydrogen-bond donors (Lipinski definition) is 1. The first-order valence-electron chi connectivity index (χ1n) is 11.4. The van der Waals surface area contributed by atoms with Gasteiger partial charge in [-0.05, 0) is 41.3 Å². The Labute approximate surface area is 212 Å². The molecule has 1 saturated heterocycles. The molecule has 4 rings (SSSR count). The van der Waals surface area contributed by atoms with Crippen LogP contribution in [0.25, 0.3) is 0 Å². The lowest BCUT2D eigenvalue weighted by Crippen LogP contribution is -2.49. The molecule has 7 heteroatoms. The minimum Gasteiger partial charge on any atom is -0.489 e. The highest BCUT2D eigenvalue weighted by atomic mass is 35.6. The Morgan fingerprint density at radius 1 is 0.853 bits per heavy atom. The first kappa shape index (κ1) is 26.0. The van der Waals surface area contributed by atoms with Crippen LogP contribution in [0.15, 0.2) is 84.9 Å². The van der Waals surface area contributed by atoms with Crippen molar-refractivity contribution >= 4 is 29.6 Å². The molecule has 3 aromatic rings. The summed E-state index contributed by atoms with van der Waals surface area (Å²) in [6, 6.07) is 28.8. The van der Waals surface area contributed by atoms with Gasteiger partial charge in [0.2, 0.25) is 0 Å². The van der Waals surface area contributed by atoms with Crippen LogP contribution < -0.4 is 4.74 Å². The molecule has 1 aliphatic rings.